The van der Waals surface area contributed by atoms with Crippen LogP contribution in [0.15, 0.2) is 23.2 Å². The van der Waals surface area contributed by atoms with E-state index in [1.54, 1.807) is 21.3 Å². The van der Waals surface area contributed by atoms with Gasteiger partial charge in [-0.1, -0.05) is 0 Å². The van der Waals surface area contributed by atoms with Crippen LogP contribution in [-0.2, 0) is 11.3 Å². The first-order chi connectivity index (χ1) is 14.3. The van der Waals surface area contributed by atoms with Gasteiger partial charge in [-0.2, -0.15) is 0 Å². The summed E-state index contributed by atoms with van der Waals surface area (Å²) < 4.78 is 10.9. The summed E-state index contributed by atoms with van der Waals surface area (Å²) >= 11 is 0. The normalized spacial score (nSPS) is 15.2. The molecule has 0 bridgehead atoms. The third-order valence-corrected chi connectivity index (χ3v) is 5.35. The summed E-state index contributed by atoms with van der Waals surface area (Å²) in [5.41, 5.74) is 0.582. The quantitative estimate of drug-likeness (QED) is 0.295. The Morgan fingerprint density at radius 2 is 1.84 bits per heavy atom. The molecule has 1 aliphatic rings. The molecular weight excluding hydrogens is 509 g/mol. The number of rotatable bonds is 8. The summed E-state index contributed by atoms with van der Waals surface area (Å²) in [4.78, 5) is 21.5. The van der Waals surface area contributed by atoms with Crippen molar-refractivity contribution in [1.29, 1.82) is 0 Å². The Labute approximate surface area is 203 Å². The molecule has 31 heavy (non-hydrogen) atoms. The maximum Gasteiger partial charge on any atom is 0.227 e. The molecule has 0 spiro atoms. The molecule has 2 N–H and O–H groups in total. The van der Waals surface area contributed by atoms with Crippen LogP contribution >= 0.6 is 24.0 Å². The third kappa shape index (κ3) is 7.71. The Bertz CT molecular complexity index is 734. The molecule has 0 aliphatic carbocycles. The van der Waals surface area contributed by atoms with Gasteiger partial charge >= 0.3 is 0 Å². The van der Waals surface area contributed by atoms with E-state index in [4.69, 9.17) is 14.5 Å². The van der Waals surface area contributed by atoms with Crippen LogP contribution in [0.25, 0.3) is 0 Å². The number of piperazine rings is 1. The number of halogens is 1. The average molecular weight is 547 g/mol. The van der Waals surface area contributed by atoms with Crippen LogP contribution in [0.4, 0.5) is 0 Å². The molecule has 1 aromatic carbocycles. The fraction of sp³-hybridized carbons (Fsp3) is 0.636. The number of hydrogen-bond acceptors (Lipinski definition) is 5. The van der Waals surface area contributed by atoms with Gasteiger partial charge in [-0.15, -0.1) is 24.0 Å². The summed E-state index contributed by atoms with van der Waals surface area (Å²) in [5.74, 6) is 2.58. The van der Waals surface area contributed by atoms with E-state index < -0.39 is 5.41 Å². The van der Waals surface area contributed by atoms with Crippen LogP contribution in [0.2, 0.25) is 0 Å². The summed E-state index contributed by atoms with van der Waals surface area (Å²) in [7, 11) is 5.04. The van der Waals surface area contributed by atoms with E-state index in [1.807, 2.05) is 32.0 Å². The van der Waals surface area contributed by atoms with Crippen LogP contribution in [0.5, 0.6) is 11.5 Å². The molecule has 0 radical (unpaired) electrons. The van der Waals surface area contributed by atoms with Crippen LogP contribution < -0.4 is 20.1 Å². The smallest absolute Gasteiger partial charge is 0.227 e. The van der Waals surface area contributed by atoms with Crippen molar-refractivity contribution in [1.82, 2.24) is 20.4 Å². The molecule has 0 atom stereocenters. The highest BCUT2D eigenvalue weighted by Crippen LogP contribution is 2.25. The second-order valence-electron chi connectivity index (χ2n) is 8.07. The number of methoxy groups -OCH3 is 2. The summed E-state index contributed by atoms with van der Waals surface area (Å²) in [6, 6.07) is 5.91. The average Bonchev–Trinajstić information content (AvgIpc) is 2.76. The number of amides is 1. The highest BCUT2D eigenvalue weighted by atomic mass is 127. The molecule has 1 fully saturated rings. The zero-order valence-electron chi connectivity index (χ0n) is 19.7. The number of guanidine groups is 1. The van der Waals surface area contributed by atoms with E-state index >= 15 is 0 Å². The zero-order chi connectivity index (χ0) is 22.1. The first-order valence-electron chi connectivity index (χ1n) is 10.5. The van der Waals surface area contributed by atoms with Gasteiger partial charge < -0.3 is 25.0 Å². The lowest BCUT2D eigenvalue weighted by Gasteiger charge is -2.37. The molecule has 8 nitrogen and oxygen atoms in total. The van der Waals surface area contributed by atoms with Gasteiger partial charge in [0.25, 0.3) is 0 Å². The van der Waals surface area contributed by atoms with Crippen molar-refractivity contribution in [2.24, 2.45) is 10.4 Å². The molecule has 0 saturated carbocycles. The first kappa shape index (κ1) is 27.3. The molecule has 1 aromatic rings. The van der Waals surface area contributed by atoms with Crippen molar-refractivity contribution in [2.75, 3.05) is 60.5 Å². The number of benzene rings is 1. The molecule has 0 unspecified atom stereocenters. The topological polar surface area (TPSA) is 78.4 Å². The first-order valence-corrected chi connectivity index (χ1v) is 10.5. The molecule has 1 amide bonds. The Hall–Kier alpha value is -1.75. The van der Waals surface area contributed by atoms with E-state index in [0.29, 0.717) is 6.54 Å². The summed E-state index contributed by atoms with van der Waals surface area (Å²) in [6.07, 6.45) is 0. The van der Waals surface area contributed by atoms with Gasteiger partial charge in [0.1, 0.15) is 11.5 Å². The lowest BCUT2D eigenvalue weighted by atomic mass is 9.93. The highest BCUT2D eigenvalue weighted by Gasteiger charge is 2.27. The van der Waals surface area contributed by atoms with Crippen molar-refractivity contribution < 1.29 is 14.3 Å². The summed E-state index contributed by atoms with van der Waals surface area (Å²) in [5, 5.41) is 6.09. The molecule has 1 aliphatic heterocycles. The lowest BCUT2D eigenvalue weighted by Crippen LogP contribution is -2.52. The lowest BCUT2D eigenvalue weighted by molar-refractivity contribution is -0.128. The minimum Gasteiger partial charge on any atom is -0.497 e. The second-order valence-corrected chi connectivity index (χ2v) is 8.07. The van der Waals surface area contributed by atoms with Crippen molar-refractivity contribution >= 4 is 35.8 Å². The molecule has 176 valence electrons. The van der Waals surface area contributed by atoms with Gasteiger partial charge in [-0.3, -0.25) is 14.7 Å². The third-order valence-electron chi connectivity index (χ3n) is 5.35. The van der Waals surface area contributed by atoms with E-state index in [9.17, 15) is 4.79 Å². The number of carbonyl (C=O) groups excluding carboxylic acids is 1. The highest BCUT2D eigenvalue weighted by molar-refractivity contribution is 14.0. The molecular formula is C22H38IN5O3. The van der Waals surface area contributed by atoms with Crippen LogP contribution in [0, 0.1) is 5.41 Å². The van der Waals surface area contributed by atoms with Gasteiger partial charge in [0.05, 0.1) is 26.2 Å². The molecule has 9 heteroatoms. The SMILES string of the molecule is CCNC(=NCC(C)(C)C(=O)NC)N1CCN(Cc2cc(OC)ccc2OC)CC1.I. The molecule has 1 heterocycles. The predicted octanol–water partition coefficient (Wildman–Crippen LogP) is 2.18. The molecule has 1 saturated heterocycles. The van der Waals surface area contributed by atoms with E-state index in [2.05, 4.69) is 27.4 Å². The molecule has 0 aromatic heterocycles. The van der Waals surface area contributed by atoms with Crippen molar-refractivity contribution in [3.05, 3.63) is 23.8 Å². The van der Waals surface area contributed by atoms with Gasteiger partial charge in [-0.25, -0.2) is 0 Å². The number of hydrogen-bond donors (Lipinski definition) is 2. The number of nitrogens with zero attached hydrogens (tertiary/aromatic N) is 3. The standard InChI is InChI=1S/C22H37N5O3.HI/c1-7-24-21(25-16-22(2,3)20(28)23-4)27-12-10-26(11-13-27)15-17-14-18(29-5)8-9-19(17)30-6;/h8-9,14H,7,10-13,15-16H2,1-6H3,(H,23,28)(H,24,25);1H. The van der Waals surface area contributed by atoms with Crippen molar-refractivity contribution in [3.63, 3.8) is 0 Å². The van der Waals surface area contributed by atoms with Gasteiger partial charge in [0, 0.05) is 51.9 Å². The van der Waals surface area contributed by atoms with E-state index in [-0.39, 0.29) is 29.9 Å². The number of nitrogens with one attached hydrogen (secondary N) is 2. The van der Waals surface area contributed by atoms with Crippen molar-refractivity contribution in [3.8, 4) is 11.5 Å². The minimum absolute atomic E-state index is 0. The maximum atomic E-state index is 12.1. The minimum atomic E-state index is -0.542. The van der Waals surface area contributed by atoms with Gasteiger partial charge in [-0.05, 0) is 39.0 Å². The Morgan fingerprint density at radius 1 is 1.16 bits per heavy atom. The number of ether oxygens (including phenoxy) is 2. The van der Waals surface area contributed by atoms with Crippen molar-refractivity contribution in [2.45, 2.75) is 27.3 Å². The van der Waals surface area contributed by atoms with Crippen LogP contribution in [-0.4, -0.2) is 82.2 Å². The van der Waals surface area contributed by atoms with E-state index in [0.717, 1.165) is 62.3 Å². The second kappa shape index (κ2) is 12.9. The zero-order valence-corrected chi connectivity index (χ0v) is 22.0. The van der Waals surface area contributed by atoms with Gasteiger partial charge in [0.2, 0.25) is 5.91 Å². The largest absolute Gasteiger partial charge is 0.497 e. The summed E-state index contributed by atoms with van der Waals surface area (Å²) in [6.45, 7) is 11.5. The molecule has 2 rings (SSSR count). The number of aliphatic imine (C=N–C) groups is 1. The van der Waals surface area contributed by atoms with Crippen LogP contribution in [0.3, 0.4) is 0 Å². The monoisotopic (exact) mass is 547 g/mol. The Balaban J connectivity index is 0.00000480. The van der Waals surface area contributed by atoms with Gasteiger partial charge in [0.15, 0.2) is 5.96 Å². The number of carbonyl (C=O) groups is 1. The Morgan fingerprint density at radius 3 is 2.39 bits per heavy atom. The fourth-order valence-corrected chi connectivity index (χ4v) is 3.47. The fourth-order valence-electron chi connectivity index (χ4n) is 3.47. The van der Waals surface area contributed by atoms with E-state index in [1.165, 1.54) is 0 Å². The predicted molar refractivity (Wildman–Crippen MR) is 136 cm³/mol. The Kier molecular flexibility index (Phi) is 11.4. The van der Waals surface area contributed by atoms with Crippen LogP contribution in [0.1, 0.15) is 26.3 Å². The maximum absolute atomic E-state index is 12.1.